The third kappa shape index (κ3) is 28.3. The molecule has 8 unspecified atom stereocenters. The first-order valence-corrected chi connectivity index (χ1v) is 24.0. The number of amides is 1. The van der Waals surface area contributed by atoms with Crippen LogP contribution in [0.5, 0.6) is 0 Å². The summed E-state index contributed by atoms with van der Waals surface area (Å²) < 4.78 is 47.4. The zero-order valence-corrected chi connectivity index (χ0v) is 37.0. The molecular weight excluding hydrogens is 779 g/mol. The van der Waals surface area contributed by atoms with Crippen LogP contribution in [-0.2, 0) is 28.9 Å². The Hall–Kier alpha value is -1.98. The first-order valence-electron chi connectivity index (χ1n) is 22.6. The molecule has 1 aliphatic rings. The van der Waals surface area contributed by atoms with Crippen molar-refractivity contribution < 1.29 is 57.0 Å². The summed E-state index contributed by atoms with van der Waals surface area (Å²) in [5, 5.41) is 55.0. The van der Waals surface area contributed by atoms with Crippen molar-refractivity contribution in [2.45, 2.75) is 217 Å². The van der Waals surface area contributed by atoms with Crippen molar-refractivity contribution >= 4 is 16.3 Å². The zero-order chi connectivity index (χ0) is 43.6. The van der Waals surface area contributed by atoms with Crippen LogP contribution in [0.25, 0.3) is 0 Å². The minimum Gasteiger partial charge on any atom is -0.394 e. The second-order valence-electron chi connectivity index (χ2n) is 15.8. The van der Waals surface area contributed by atoms with E-state index in [0.717, 1.165) is 44.9 Å². The molecule has 0 bridgehead atoms. The number of aliphatic hydroxyl groups excluding tert-OH is 5. The molecule has 0 saturated carbocycles. The second-order valence-corrected chi connectivity index (χ2v) is 16.8. The molecule has 1 heterocycles. The Bertz CT molecular complexity index is 1260. The standard InChI is InChI=1S/C45H81NO12S/c1-3-5-7-9-11-13-15-17-18-19-20-21-22-24-25-27-29-31-33-38(48)37(36-56-45-42(51)43(58-59(53,54)55)41(50)40(35-47)57-45)46-44(52)39(49)34-32-30-28-26-23-16-14-12-10-8-6-4-2/h19-20,23-26,31,33,37-43,45,47-51H,3-18,21-22,27-30,32,34-36H2,1-2H3,(H,46,52)(H,53,54,55)/b20-19+,25-24+,26-23-,33-31+. The van der Waals surface area contributed by atoms with Gasteiger partial charge in [0.2, 0.25) is 5.91 Å². The van der Waals surface area contributed by atoms with Crippen LogP contribution in [0.2, 0.25) is 0 Å². The van der Waals surface area contributed by atoms with Crippen LogP contribution in [-0.4, -0.2) is 107 Å². The molecule has 1 saturated heterocycles. The van der Waals surface area contributed by atoms with Gasteiger partial charge in [0.1, 0.15) is 30.5 Å². The predicted octanol–water partition coefficient (Wildman–Crippen LogP) is 7.46. The number of unbranched alkanes of at least 4 members (excludes halogenated alkanes) is 18. The van der Waals surface area contributed by atoms with E-state index >= 15 is 0 Å². The van der Waals surface area contributed by atoms with Crippen LogP contribution in [0.1, 0.15) is 168 Å². The van der Waals surface area contributed by atoms with Gasteiger partial charge in [0.25, 0.3) is 0 Å². The molecule has 0 spiro atoms. The summed E-state index contributed by atoms with van der Waals surface area (Å²) in [6.45, 7) is 3.15. The van der Waals surface area contributed by atoms with Crippen molar-refractivity contribution in [1.29, 1.82) is 0 Å². The van der Waals surface area contributed by atoms with Gasteiger partial charge in [-0.25, -0.2) is 4.18 Å². The Balaban J connectivity index is 2.67. The van der Waals surface area contributed by atoms with Gasteiger partial charge in [0, 0.05) is 0 Å². The fraction of sp³-hybridized carbons (Fsp3) is 0.800. The molecule has 0 aromatic rings. The van der Waals surface area contributed by atoms with Crippen molar-refractivity contribution in [2.75, 3.05) is 13.2 Å². The first kappa shape index (κ1) is 55.0. The normalized spacial score (nSPS) is 21.9. The minimum absolute atomic E-state index is 0.202. The number of ether oxygens (including phenoxy) is 2. The maximum absolute atomic E-state index is 13.1. The summed E-state index contributed by atoms with van der Waals surface area (Å²) in [5.74, 6) is -0.735. The van der Waals surface area contributed by atoms with Gasteiger partial charge >= 0.3 is 10.4 Å². The van der Waals surface area contributed by atoms with Gasteiger partial charge in [-0.1, -0.05) is 146 Å². The highest BCUT2D eigenvalue weighted by Crippen LogP contribution is 2.26. The monoisotopic (exact) mass is 860 g/mol. The molecule has 0 aliphatic carbocycles. The van der Waals surface area contributed by atoms with Crippen LogP contribution < -0.4 is 5.32 Å². The highest BCUT2D eigenvalue weighted by molar-refractivity contribution is 7.80. The number of allylic oxidation sites excluding steroid dienone is 7. The molecule has 1 aliphatic heterocycles. The van der Waals surface area contributed by atoms with E-state index in [-0.39, 0.29) is 6.42 Å². The van der Waals surface area contributed by atoms with E-state index in [4.69, 9.17) is 14.0 Å². The lowest BCUT2D eigenvalue weighted by molar-refractivity contribution is -0.298. The Morgan fingerprint density at radius 3 is 1.63 bits per heavy atom. The molecule has 7 N–H and O–H groups in total. The number of carbonyl (C=O) groups is 1. The lowest BCUT2D eigenvalue weighted by Crippen LogP contribution is -2.61. The predicted molar refractivity (Wildman–Crippen MR) is 233 cm³/mol. The van der Waals surface area contributed by atoms with Gasteiger partial charge in [-0.05, 0) is 70.6 Å². The molecule has 0 aromatic heterocycles. The van der Waals surface area contributed by atoms with Crippen LogP contribution in [0.3, 0.4) is 0 Å². The van der Waals surface area contributed by atoms with Crippen molar-refractivity contribution in [1.82, 2.24) is 5.32 Å². The fourth-order valence-electron chi connectivity index (χ4n) is 6.78. The molecule has 13 nitrogen and oxygen atoms in total. The number of carbonyl (C=O) groups excluding carboxylic acids is 1. The van der Waals surface area contributed by atoms with Crippen LogP contribution in [0.4, 0.5) is 0 Å². The van der Waals surface area contributed by atoms with Gasteiger partial charge in [0.15, 0.2) is 6.29 Å². The van der Waals surface area contributed by atoms with Crippen molar-refractivity contribution in [3.05, 3.63) is 48.6 Å². The lowest BCUT2D eigenvalue weighted by Gasteiger charge is -2.41. The molecule has 59 heavy (non-hydrogen) atoms. The summed E-state index contributed by atoms with van der Waals surface area (Å²) in [4.78, 5) is 13.1. The summed E-state index contributed by atoms with van der Waals surface area (Å²) in [7, 11) is -5.13. The smallest absolute Gasteiger partial charge is 0.394 e. The average Bonchev–Trinajstić information content (AvgIpc) is 3.20. The van der Waals surface area contributed by atoms with Crippen LogP contribution in [0, 0.1) is 0 Å². The number of nitrogens with one attached hydrogen (secondary N) is 1. The summed E-state index contributed by atoms with van der Waals surface area (Å²) >= 11 is 0. The topological polar surface area (TPSA) is 212 Å². The summed E-state index contributed by atoms with van der Waals surface area (Å²) in [6, 6.07) is -1.15. The minimum atomic E-state index is -5.13. The Morgan fingerprint density at radius 2 is 1.14 bits per heavy atom. The average molecular weight is 860 g/mol. The van der Waals surface area contributed by atoms with E-state index < -0.39 is 78.5 Å². The number of hydrogen-bond donors (Lipinski definition) is 7. The molecule has 1 rings (SSSR count). The van der Waals surface area contributed by atoms with E-state index in [1.165, 1.54) is 96.0 Å². The number of hydrogen-bond acceptors (Lipinski definition) is 11. The SMILES string of the molecule is CCCCCCCC/C=C\CCCCC(O)C(=O)NC(COC1OC(CO)C(O)C(OS(=O)(=O)O)C1O)C(O)/C=C/CC/C=C/CC/C=C/CCCCCCCCCC. The third-order valence-corrected chi connectivity index (χ3v) is 10.9. The maximum atomic E-state index is 13.1. The molecule has 14 heteroatoms. The fourth-order valence-corrected chi connectivity index (χ4v) is 7.29. The molecule has 1 fully saturated rings. The molecular formula is C45H81NO12S. The Morgan fingerprint density at radius 1 is 0.678 bits per heavy atom. The Labute approximate surface area is 356 Å². The van der Waals surface area contributed by atoms with Crippen LogP contribution >= 0.6 is 0 Å². The van der Waals surface area contributed by atoms with E-state index in [2.05, 4.69) is 59.8 Å². The van der Waals surface area contributed by atoms with Gasteiger partial charge in [-0.3, -0.25) is 9.35 Å². The number of rotatable bonds is 37. The zero-order valence-electron chi connectivity index (χ0n) is 36.2. The molecule has 344 valence electrons. The molecule has 8 atom stereocenters. The largest absolute Gasteiger partial charge is 0.397 e. The van der Waals surface area contributed by atoms with Crippen molar-refractivity contribution in [2.24, 2.45) is 0 Å². The van der Waals surface area contributed by atoms with E-state index in [9.17, 15) is 38.7 Å². The highest BCUT2D eigenvalue weighted by Gasteiger charge is 2.48. The van der Waals surface area contributed by atoms with Gasteiger partial charge < -0.3 is 40.3 Å². The molecule has 1 amide bonds. The first-order chi connectivity index (χ1) is 28.4. The van der Waals surface area contributed by atoms with E-state index in [0.29, 0.717) is 12.8 Å². The van der Waals surface area contributed by atoms with E-state index in [1.807, 2.05) is 0 Å². The highest BCUT2D eigenvalue weighted by atomic mass is 32.3. The van der Waals surface area contributed by atoms with Crippen LogP contribution in [0.15, 0.2) is 48.6 Å². The maximum Gasteiger partial charge on any atom is 0.397 e. The summed E-state index contributed by atoms with van der Waals surface area (Å²) in [5.41, 5.74) is 0. The molecule has 0 aromatic carbocycles. The van der Waals surface area contributed by atoms with Gasteiger partial charge in [-0.2, -0.15) is 8.42 Å². The third-order valence-electron chi connectivity index (χ3n) is 10.4. The number of aliphatic hydroxyl groups is 5. The second kappa shape index (κ2) is 35.6. The van der Waals surface area contributed by atoms with Gasteiger partial charge in [0.05, 0.1) is 25.4 Å². The van der Waals surface area contributed by atoms with Gasteiger partial charge in [-0.15, -0.1) is 0 Å². The molecule has 0 radical (unpaired) electrons. The van der Waals surface area contributed by atoms with E-state index in [1.54, 1.807) is 6.08 Å². The quantitative estimate of drug-likeness (QED) is 0.0184. The van der Waals surface area contributed by atoms with Crippen molar-refractivity contribution in [3.8, 4) is 0 Å². The summed E-state index contributed by atoms with van der Waals surface area (Å²) in [6.07, 6.45) is 30.6. The van der Waals surface area contributed by atoms with Crippen molar-refractivity contribution in [3.63, 3.8) is 0 Å². The lowest BCUT2D eigenvalue weighted by atomic mass is 9.99. The Kier molecular flexibility index (Phi) is 33.2.